The zero-order valence-corrected chi connectivity index (χ0v) is 16.7. The number of hydrogen-bond donors (Lipinski definition) is 0. The van der Waals surface area contributed by atoms with Crippen molar-refractivity contribution in [3.8, 4) is 5.75 Å². The van der Waals surface area contributed by atoms with E-state index in [0.29, 0.717) is 38.3 Å². The van der Waals surface area contributed by atoms with E-state index in [2.05, 4.69) is 15.9 Å². The largest absolute Gasteiger partial charge is 0.484 e. The van der Waals surface area contributed by atoms with Crippen LogP contribution in [0, 0.1) is 5.92 Å². The van der Waals surface area contributed by atoms with Gasteiger partial charge in [-0.05, 0) is 30.7 Å². The highest BCUT2D eigenvalue weighted by molar-refractivity contribution is 9.10. The second-order valence-corrected chi connectivity index (χ2v) is 9.69. The van der Waals surface area contributed by atoms with E-state index in [-0.39, 0.29) is 29.9 Å². The Morgan fingerprint density at radius 1 is 1.08 bits per heavy atom. The fourth-order valence-electron chi connectivity index (χ4n) is 3.19. The van der Waals surface area contributed by atoms with Crippen LogP contribution in [0.5, 0.6) is 5.75 Å². The molecular weight excluding hydrogens is 424 g/mol. The summed E-state index contributed by atoms with van der Waals surface area (Å²) in [6.45, 7) is 1.69. The van der Waals surface area contributed by atoms with Crippen LogP contribution in [0.3, 0.4) is 0 Å². The van der Waals surface area contributed by atoms with Crippen molar-refractivity contribution in [1.82, 2.24) is 9.80 Å². The van der Waals surface area contributed by atoms with E-state index < -0.39 is 15.8 Å². The Balaban J connectivity index is 1.45. The minimum Gasteiger partial charge on any atom is -0.484 e. The molecule has 2 saturated heterocycles. The molecule has 3 rings (SSSR count). The monoisotopic (exact) mass is 444 g/mol. The number of hydrogen-bond acceptors (Lipinski definition) is 5. The number of halogens is 1. The van der Waals surface area contributed by atoms with Crippen molar-refractivity contribution in [2.45, 2.75) is 6.42 Å². The molecule has 0 saturated carbocycles. The summed E-state index contributed by atoms with van der Waals surface area (Å²) >= 11 is 3.34. The number of sulfone groups is 1. The molecule has 7 nitrogen and oxygen atoms in total. The number of nitrogens with zero attached hydrogens (tertiary/aromatic N) is 2. The molecule has 2 heterocycles. The molecule has 0 N–H and O–H groups in total. The molecular formula is C17H21BrN2O5S. The highest BCUT2D eigenvalue weighted by atomic mass is 79.9. The average Bonchev–Trinajstić information content (AvgIpc) is 3.00. The van der Waals surface area contributed by atoms with Crippen LogP contribution < -0.4 is 4.74 Å². The van der Waals surface area contributed by atoms with E-state index >= 15 is 0 Å². The van der Waals surface area contributed by atoms with Crippen LogP contribution in [0.2, 0.25) is 0 Å². The molecule has 0 aliphatic carbocycles. The Bertz CT molecular complexity index is 773. The molecule has 0 radical (unpaired) electrons. The summed E-state index contributed by atoms with van der Waals surface area (Å²) in [5.41, 5.74) is 0. The lowest BCUT2D eigenvalue weighted by atomic mass is 10.1. The Morgan fingerprint density at radius 3 is 2.27 bits per heavy atom. The third-order valence-electron chi connectivity index (χ3n) is 4.70. The van der Waals surface area contributed by atoms with Crippen molar-refractivity contribution in [2.75, 3.05) is 44.3 Å². The van der Waals surface area contributed by atoms with Gasteiger partial charge < -0.3 is 14.5 Å². The Morgan fingerprint density at radius 2 is 1.69 bits per heavy atom. The minimum absolute atomic E-state index is 0.0452. The smallest absolute Gasteiger partial charge is 0.260 e. The average molecular weight is 445 g/mol. The Kier molecular flexibility index (Phi) is 5.86. The lowest BCUT2D eigenvalue weighted by Gasteiger charge is -2.35. The minimum atomic E-state index is -3.07. The van der Waals surface area contributed by atoms with Gasteiger partial charge in [-0.1, -0.05) is 15.9 Å². The van der Waals surface area contributed by atoms with Crippen LogP contribution >= 0.6 is 15.9 Å². The van der Waals surface area contributed by atoms with Crippen LogP contribution in [0.1, 0.15) is 6.42 Å². The zero-order valence-electron chi connectivity index (χ0n) is 14.3. The summed E-state index contributed by atoms with van der Waals surface area (Å²) in [5.74, 6) is 0.00916. The molecule has 0 aromatic heterocycles. The maximum absolute atomic E-state index is 12.4. The number of carbonyl (C=O) groups is 2. The maximum atomic E-state index is 12.4. The van der Waals surface area contributed by atoms with Crippen LogP contribution in [0.25, 0.3) is 0 Å². The van der Waals surface area contributed by atoms with E-state index in [1.54, 1.807) is 21.9 Å². The quantitative estimate of drug-likeness (QED) is 0.689. The molecule has 2 aliphatic rings. The van der Waals surface area contributed by atoms with Gasteiger partial charge in [-0.2, -0.15) is 0 Å². The molecule has 1 atom stereocenters. The molecule has 2 aliphatic heterocycles. The maximum Gasteiger partial charge on any atom is 0.260 e. The molecule has 2 amide bonds. The summed E-state index contributed by atoms with van der Waals surface area (Å²) in [5, 5.41) is 0. The molecule has 0 bridgehead atoms. The number of piperazine rings is 1. The molecule has 26 heavy (non-hydrogen) atoms. The van der Waals surface area contributed by atoms with Crippen molar-refractivity contribution in [3.05, 3.63) is 28.7 Å². The van der Waals surface area contributed by atoms with Crippen molar-refractivity contribution >= 4 is 37.6 Å². The van der Waals surface area contributed by atoms with Crippen molar-refractivity contribution in [3.63, 3.8) is 0 Å². The van der Waals surface area contributed by atoms with Gasteiger partial charge in [0.05, 0.1) is 17.4 Å². The standard InChI is InChI=1S/C17H21BrN2O5S/c18-14-1-3-15(4-2-14)25-11-16(21)19-6-8-20(9-7-19)17(22)13-5-10-26(23,24)12-13/h1-4,13H,5-12H2/t13-/m0/s1. The summed E-state index contributed by atoms with van der Waals surface area (Å²) in [4.78, 5) is 28.0. The first-order valence-electron chi connectivity index (χ1n) is 8.49. The van der Waals surface area contributed by atoms with E-state index in [1.165, 1.54) is 0 Å². The van der Waals surface area contributed by atoms with Crippen molar-refractivity contribution in [1.29, 1.82) is 0 Å². The Labute approximate surface area is 161 Å². The molecule has 0 unspecified atom stereocenters. The highest BCUT2D eigenvalue weighted by Crippen LogP contribution is 2.21. The molecule has 0 spiro atoms. The lowest BCUT2D eigenvalue weighted by molar-refractivity contribution is -0.142. The molecule has 142 valence electrons. The molecule has 2 fully saturated rings. The van der Waals surface area contributed by atoms with Gasteiger partial charge in [0.15, 0.2) is 16.4 Å². The topological polar surface area (TPSA) is 84.0 Å². The van der Waals surface area contributed by atoms with Gasteiger partial charge in [-0.3, -0.25) is 9.59 Å². The molecule has 9 heteroatoms. The summed E-state index contributed by atoms with van der Waals surface area (Å²) in [6.07, 6.45) is 0.404. The van der Waals surface area contributed by atoms with Crippen molar-refractivity contribution < 1.29 is 22.7 Å². The number of rotatable bonds is 4. The van der Waals surface area contributed by atoms with Gasteiger partial charge in [-0.15, -0.1) is 0 Å². The number of ether oxygens (including phenoxy) is 1. The van der Waals surface area contributed by atoms with Gasteiger partial charge >= 0.3 is 0 Å². The predicted molar refractivity (Wildman–Crippen MR) is 99.6 cm³/mol. The van der Waals surface area contributed by atoms with Gasteiger partial charge in [0.25, 0.3) is 5.91 Å². The first-order chi connectivity index (χ1) is 12.3. The predicted octanol–water partition coefficient (Wildman–Crippen LogP) is 0.933. The first-order valence-corrected chi connectivity index (χ1v) is 11.1. The third-order valence-corrected chi connectivity index (χ3v) is 7.00. The number of carbonyl (C=O) groups excluding carboxylic acids is 2. The van der Waals surface area contributed by atoms with Gasteiger partial charge in [0, 0.05) is 30.7 Å². The fraction of sp³-hybridized carbons (Fsp3) is 0.529. The second-order valence-electron chi connectivity index (χ2n) is 6.55. The van der Waals surface area contributed by atoms with E-state index in [0.717, 1.165) is 4.47 Å². The van der Waals surface area contributed by atoms with Gasteiger partial charge in [-0.25, -0.2) is 8.42 Å². The first kappa shape index (κ1) is 19.2. The SMILES string of the molecule is O=C(COc1ccc(Br)cc1)N1CCN(C(=O)[C@H]2CCS(=O)(=O)C2)CC1. The van der Waals surface area contributed by atoms with Crippen LogP contribution in [0.4, 0.5) is 0 Å². The van der Waals surface area contributed by atoms with Gasteiger partial charge in [0.1, 0.15) is 5.75 Å². The summed E-state index contributed by atoms with van der Waals surface area (Å²) in [6, 6.07) is 7.24. The number of benzene rings is 1. The van der Waals surface area contributed by atoms with Crippen molar-refractivity contribution in [2.24, 2.45) is 5.92 Å². The summed E-state index contributed by atoms with van der Waals surface area (Å²) in [7, 11) is -3.07. The van der Waals surface area contributed by atoms with Gasteiger partial charge in [0.2, 0.25) is 5.91 Å². The molecule has 1 aromatic carbocycles. The summed E-state index contributed by atoms with van der Waals surface area (Å²) < 4.78 is 29.5. The van der Waals surface area contributed by atoms with Crippen LogP contribution in [-0.4, -0.2) is 74.3 Å². The van der Waals surface area contributed by atoms with Crippen LogP contribution in [-0.2, 0) is 19.4 Å². The zero-order chi connectivity index (χ0) is 18.7. The normalized spacial score (nSPS) is 22.3. The van der Waals surface area contributed by atoms with E-state index in [4.69, 9.17) is 4.74 Å². The molecule has 1 aromatic rings. The fourth-order valence-corrected chi connectivity index (χ4v) is 5.19. The van der Waals surface area contributed by atoms with E-state index in [9.17, 15) is 18.0 Å². The highest BCUT2D eigenvalue weighted by Gasteiger charge is 2.36. The van der Waals surface area contributed by atoms with Crippen LogP contribution in [0.15, 0.2) is 28.7 Å². The lowest BCUT2D eigenvalue weighted by Crippen LogP contribution is -2.53. The number of amides is 2. The third kappa shape index (κ3) is 4.76. The second kappa shape index (κ2) is 7.96. The van der Waals surface area contributed by atoms with E-state index in [1.807, 2.05) is 12.1 Å². The Hall–Kier alpha value is -1.61.